The van der Waals surface area contributed by atoms with Crippen molar-refractivity contribution in [2.24, 2.45) is 0 Å². The van der Waals surface area contributed by atoms with E-state index in [2.05, 4.69) is 55.4 Å². The molecule has 3 nitrogen and oxygen atoms in total. The highest BCUT2D eigenvalue weighted by atomic mass is 32.2. The van der Waals surface area contributed by atoms with Gasteiger partial charge in [-0.05, 0) is 47.4 Å². The molecule has 0 spiro atoms. The summed E-state index contributed by atoms with van der Waals surface area (Å²) < 4.78 is 11.0. The summed E-state index contributed by atoms with van der Waals surface area (Å²) in [6, 6.07) is 16.4. The molecule has 5 heteroatoms. The molecule has 0 fully saturated rings. The van der Waals surface area contributed by atoms with Crippen LogP contribution in [0.5, 0.6) is 11.5 Å². The van der Waals surface area contributed by atoms with Crippen LogP contribution in [0, 0.1) is 0 Å². The van der Waals surface area contributed by atoms with Gasteiger partial charge in [-0.15, -0.1) is 23.1 Å². The molecule has 0 N–H and O–H groups in total. The molecule has 27 heavy (non-hydrogen) atoms. The molecule has 0 radical (unpaired) electrons. The first-order chi connectivity index (χ1) is 12.9. The van der Waals surface area contributed by atoms with Gasteiger partial charge in [0.25, 0.3) is 0 Å². The van der Waals surface area contributed by atoms with E-state index in [4.69, 9.17) is 9.47 Å². The van der Waals surface area contributed by atoms with E-state index in [1.807, 2.05) is 36.0 Å². The summed E-state index contributed by atoms with van der Waals surface area (Å²) >= 11 is 3.46. The minimum absolute atomic E-state index is 0.191. The molecule has 0 amide bonds. The Morgan fingerprint density at radius 2 is 1.63 bits per heavy atom. The Morgan fingerprint density at radius 3 is 2.26 bits per heavy atom. The summed E-state index contributed by atoms with van der Waals surface area (Å²) in [6.07, 6.45) is 0. The first-order valence-electron chi connectivity index (χ1n) is 8.87. The third-order valence-corrected chi connectivity index (χ3v) is 6.04. The minimum atomic E-state index is 0.191. The van der Waals surface area contributed by atoms with Gasteiger partial charge in [-0.2, -0.15) is 0 Å². The average molecular weight is 400 g/mol. The molecule has 0 aliphatic carbocycles. The fourth-order valence-electron chi connectivity index (χ4n) is 2.51. The van der Waals surface area contributed by atoms with Gasteiger partial charge in [0.15, 0.2) is 0 Å². The topological polar surface area (TPSA) is 31.4 Å². The van der Waals surface area contributed by atoms with Gasteiger partial charge in [-0.25, -0.2) is 4.98 Å². The van der Waals surface area contributed by atoms with Crippen molar-refractivity contribution in [3.8, 4) is 11.5 Å². The van der Waals surface area contributed by atoms with Crippen molar-refractivity contribution in [2.75, 3.05) is 7.11 Å². The number of hydrogen-bond acceptors (Lipinski definition) is 5. The predicted molar refractivity (Wildman–Crippen MR) is 114 cm³/mol. The van der Waals surface area contributed by atoms with Gasteiger partial charge in [-0.3, -0.25) is 0 Å². The summed E-state index contributed by atoms with van der Waals surface area (Å²) in [4.78, 5) is 5.95. The second kappa shape index (κ2) is 8.81. The number of ether oxygens (including phenoxy) is 2. The number of hydrogen-bond donors (Lipinski definition) is 0. The van der Waals surface area contributed by atoms with Gasteiger partial charge in [0.2, 0.25) is 0 Å². The quantitative estimate of drug-likeness (QED) is 0.435. The highest BCUT2D eigenvalue weighted by Gasteiger charge is 2.13. The smallest absolute Gasteiger partial charge is 0.140 e. The van der Waals surface area contributed by atoms with Gasteiger partial charge < -0.3 is 9.47 Å². The van der Waals surface area contributed by atoms with Gasteiger partial charge in [0.05, 0.1) is 12.8 Å². The Bertz CT molecular complexity index is 849. The molecule has 0 unspecified atom stereocenters. The molecular formula is C22H25NO2S2. The first kappa shape index (κ1) is 19.8. The van der Waals surface area contributed by atoms with Crippen molar-refractivity contribution in [3.63, 3.8) is 0 Å². The molecule has 3 rings (SSSR count). The molecule has 3 aromatic rings. The summed E-state index contributed by atoms with van der Waals surface area (Å²) in [6.45, 7) is 7.20. The summed E-state index contributed by atoms with van der Waals surface area (Å²) in [5, 5.41) is 3.10. The van der Waals surface area contributed by atoms with Crippen LogP contribution in [0.1, 0.15) is 37.0 Å². The van der Waals surface area contributed by atoms with E-state index < -0.39 is 0 Å². The molecule has 0 atom stereocenters. The van der Waals surface area contributed by atoms with Crippen LogP contribution in [0.4, 0.5) is 0 Å². The molecule has 142 valence electrons. The summed E-state index contributed by atoms with van der Waals surface area (Å²) in [5.41, 5.74) is 2.65. The minimum Gasteiger partial charge on any atom is -0.497 e. The van der Waals surface area contributed by atoms with Crippen molar-refractivity contribution in [2.45, 2.75) is 43.4 Å². The Morgan fingerprint density at radius 1 is 0.963 bits per heavy atom. The van der Waals surface area contributed by atoms with Crippen LogP contribution in [-0.2, 0) is 17.8 Å². The number of benzene rings is 2. The molecular weight excluding hydrogens is 374 g/mol. The molecule has 0 aliphatic heterocycles. The van der Waals surface area contributed by atoms with E-state index in [-0.39, 0.29) is 5.41 Å². The van der Waals surface area contributed by atoms with Crippen molar-refractivity contribution >= 4 is 23.1 Å². The van der Waals surface area contributed by atoms with Gasteiger partial charge in [0, 0.05) is 16.0 Å². The zero-order chi connectivity index (χ0) is 19.3. The van der Waals surface area contributed by atoms with E-state index in [9.17, 15) is 0 Å². The second-order valence-electron chi connectivity index (χ2n) is 7.26. The lowest BCUT2D eigenvalue weighted by Crippen LogP contribution is -2.10. The zero-order valence-electron chi connectivity index (χ0n) is 16.2. The Kier molecular flexibility index (Phi) is 6.45. The maximum absolute atomic E-state index is 5.80. The third kappa shape index (κ3) is 5.75. The summed E-state index contributed by atoms with van der Waals surface area (Å²) in [5.74, 6) is 2.51. The molecule has 0 saturated carbocycles. The number of thiazole rings is 1. The average Bonchev–Trinajstić information content (AvgIpc) is 3.13. The van der Waals surface area contributed by atoms with Crippen molar-refractivity contribution in [1.29, 1.82) is 0 Å². The first-order valence-corrected chi connectivity index (χ1v) is 10.7. The molecule has 0 bridgehead atoms. The molecule has 1 heterocycles. The Balaban J connectivity index is 1.50. The van der Waals surface area contributed by atoms with Gasteiger partial charge in [-0.1, -0.05) is 32.9 Å². The molecule has 0 saturated heterocycles. The van der Waals surface area contributed by atoms with Gasteiger partial charge in [0.1, 0.15) is 23.1 Å². The maximum atomic E-state index is 5.80. The standard InChI is InChI=1S/C22H25NO2S2/c1-22(2,3)16-5-11-20(12-6-16)26-14-17-15-27-21(23-17)13-25-19-9-7-18(24-4)8-10-19/h5-12,15H,13-14H2,1-4H3. The highest BCUT2D eigenvalue weighted by molar-refractivity contribution is 7.98. The van der Waals surface area contributed by atoms with Crippen LogP contribution in [0.3, 0.4) is 0 Å². The van der Waals surface area contributed by atoms with Crippen LogP contribution in [0.2, 0.25) is 0 Å². The fraction of sp³-hybridized carbons (Fsp3) is 0.318. The molecule has 2 aromatic carbocycles. The lowest BCUT2D eigenvalue weighted by molar-refractivity contribution is 0.304. The number of nitrogens with zero attached hydrogens (tertiary/aromatic N) is 1. The number of aromatic nitrogens is 1. The number of rotatable bonds is 7. The predicted octanol–water partition coefficient (Wildman–Crippen LogP) is 6.32. The van der Waals surface area contributed by atoms with Crippen molar-refractivity contribution in [1.82, 2.24) is 4.98 Å². The maximum Gasteiger partial charge on any atom is 0.140 e. The zero-order valence-corrected chi connectivity index (χ0v) is 17.8. The third-order valence-electron chi connectivity index (χ3n) is 4.13. The van der Waals surface area contributed by atoms with Crippen molar-refractivity contribution < 1.29 is 9.47 Å². The number of methoxy groups -OCH3 is 1. The molecule has 0 aliphatic rings. The number of thioether (sulfide) groups is 1. The van der Waals surface area contributed by atoms with E-state index in [0.717, 1.165) is 28.0 Å². The monoisotopic (exact) mass is 399 g/mol. The van der Waals surface area contributed by atoms with Crippen molar-refractivity contribution in [3.05, 3.63) is 70.2 Å². The van der Waals surface area contributed by atoms with Crippen LogP contribution in [0.15, 0.2) is 58.8 Å². The Hall–Kier alpha value is -1.98. The van der Waals surface area contributed by atoms with Crippen LogP contribution >= 0.6 is 23.1 Å². The van der Waals surface area contributed by atoms with E-state index in [0.29, 0.717) is 6.61 Å². The largest absolute Gasteiger partial charge is 0.497 e. The van der Waals surface area contributed by atoms with E-state index >= 15 is 0 Å². The highest BCUT2D eigenvalue weighted by Crippen LogP contribution is 2.28. The SMILES string of the molecule is COc1ccc(OCc2nc(CSc3ccc(C(C)(C)C)cc3)cs2)cc1. The van der Waals surface area contributed by atoms with Crippen LogP contribution in [0.25, 0.3) is 0 Å². The lowest BCUT2D eigenvalue weighted by atomic mass is 9.87. The van der Waals surface area contributed by atoms with Crippen LogP contribution < -0.4 is 9.47 Å². The normalized spacial score (nSPS) is 11.4. The van der Waals surface area contributed by atoms with E-state index in [1.54, 1.807) is 18.4 Å². The summed E-state index contributed by atoms with van der Waals surface area (Å²) in [7, 11) is 1.66. The lowest BCUT2D eigenvalue weighted by Gasteiger charge is -2.18. The molecule has 1 aromatic heterocycles. The van der Waals surface area contributed by atoms with Crippen LogP contribution in [-0.4, -0.2) is 12.1 Å². The van der Waals surface area contributed by atoms with Gasteiger partial charge >= 0.3 is 0 Å². The second-order valence-corrected chi connectivity index (χ2v) is 9.25. The van der Waals surface area contributed by atoms with E-state index in [1.165, 1.54) is 10.5 Å². The Labute approximate surface area is 169 Å². The fourth-order valence-corrected chi connectivity index (χ4v) is 4.11.